The lowest BCUT2D eigenvalue weighted by molar-refractivity contribution is -0.121. The minimum atomic E-state index is -0.111. The van der Waals surface area contributed by atoms with Gasteiger partial charge in [-0.3, -0.25) is 4.79 Å². The van der Waals surface area contributed by atoms with E-state index in [1.807, 2.05) is 24.4 Å². The largest absolute Gasteiger partial charge is 0.367 e. The second kappa shape index (κ2) is 5.66. The number of rotatable bonds is 5. The maximum absolute atomic E-state index is 11.8. The van der Waals surface area contributed by atoms with Crippen LogP contribution in [-0.4, -0.2) is 32.2 Å². The molecule has 108 valence electrons. The highest BCUT2D eigenvalue weighted by atomic mass is 16.2. The molecule has 3 aromatic rings. The van der Waals surface area contributed by atoms with Crippen LogP contribution in [0.25, 0.3) is 10.9 Å². The summed E-state index contributed by atoms with van der Waals surface area (Å²) in [7, 11) is 0. The van der Waals surface area contributed by atoms with Crippen molar-refractivity contribution in [2.75, 3.05) is 12.3 Å². The van der Waals surface area contributed by atoms with Gasteiger partial charge in [0.05, 0.1) is 0 Å². The van der Waals surface area contributed by atoms with Crippen LogP contribution in [0.4, 0.5) is 5.95 Å². The Kier molecular flexibility index (Phi) is 3.55. The fraction of sp³-hybridized carbons (Fsp3) is 0.214. The van der Waals surface area contributed by atoms with E-state index >= 15 is 0 Å². The van der Waals surface area contributed by atoms with Crippen molar-refractivity contribution in [2.24, 2.45) is 0 Å². The molecular weight excluding hydrogens is 268 g/mol. The van der Waals surface area contributed by atoms with E-state index < -0.39 is 0 Å². The highest BCUT2D eigenvalue weighted by Crippen LogP contribution is 2.17. The Morgan fingerprint density at radius 2 is 2.24 bits per heavy atom. The number of nitrogens with zero attached hydrogens (tertiary/aromatic N) is 3. The molecule has 0 aliphatic rings. The molecule has 0 radical (unpaired) electrons. The van der Waals surface area contributed by atoms with Gasteiger partial charge < -0.3 is 16.0 Å². The number of para-hydroxylation sites is 1. The fourth-order valence-corrected chi connectivity index (χ4v) is 2.26. The first-order valence-electron chi connectivity index (χ1n) is 6.69. The third kappa shape index (κ3) is 3.02. The smallest absolute Gasteiger partial charge is 0.241 e. The van der Waals surface area contributed by atoms with Crippen molar-refractivity contribution in [1.29, 1.82) is 0 Å². The molecule has 0 saturated carbocycles. The summed E-state index contributed by atoms with van der Waals surface area (Å²) in [6, 6.07) is 8.11. The molecule has 1 aromatic carbocycles. The molecule has 2 heterocycles. The lowest BCUT2D eigenvalue weighted by Crippen LogP contribution is -2.29. The van der Waals surface area contributed by atoms with E-state index in [1.54, 1.807) is 0 Å². The molecule has 0 atom stereocenters. The lowest BCUT2D eigenvalue weighted by Gasteiger charge is -2.04. The van der Waals surface area contributed by atoms with Gasteiger partial charge in [-0.05, 0) is 18.1 Å². The summed E-state index contributed by atoms with van der Waals surface area (Å²) in [5, 5.41) is 7.92. The van der Waals surface area contributed by atoms with Crippen molar-refractivity contribution in [3.05, 3.63) is 42.4 Å². The highest BCUT2D eigenvalue weighted by Gasteiger charge is 2.06. The van der Waals surface area contributed by atoms with Crippen molar-refractivity contribution in [3.8, 4) is 0 Å². The standard InChI is InChI=1S/C14H16N6O/c15-14-18-9-20(19-14)8-13(21)16-6-5-10-7-17-12-4-2-1-3-11(10)12/h1-4,7,9,17H,5-6,8H2,(H2,15,19)(H,16,21). The van der Waals surface area contributed by atoms with Gasteiger partial charge in [-0.2, -0.15) is 0 Å². The van der Waals surface area contributed by atoms with Crippen LogP contribution in [0.5, 0.6) is 0 Å². The molecule has 0 spiro atoms. The third-order valence-electron chi connectivity index (χ3n) is 3.25. The molecule has 3 rings (SSSR count). The Hall–Kier alpha value is -2.83. The second-order valence-electron chi connectivity index (χ2n) is 4.76. The zero-order valence-electron chi connectivity index (χ0n) is 11.4. The molecule has 21 heavy (non-hydrogen) atoms. The first-order chi connectivity index (χ1) is 10.2. The molecule has 0 aliphatic carbocycles. The van der Waals surface area contributed by atoms with Crippen molar-refractivity contribution in [3.63, 3.8) is 0 Å². The Morgan fingerprint density at radius 1 is 1.38 bits per heavy atom. The number of hydrogen-bond donors (Lipinski definition) is 3. The highest BCUT2D eigenvalue weighted by molar-refractivity contribution is 5.83. The van der Waals surface area contributed by atoms with Crippen molar-refractivity contribution in [1.82, 2.24) is 25.1 Å². The van der Waals surface area contributed by atoms with E-state index in [0.29, 0.717) is 6.54 Å². The number of hydrogen-bond acceptors (Lipinski definition) is 4. The number of anilines is 1. The van der Waals surface area contributed by atoms with E-state index in [1.165, 1.54) is 22.0 Å². The lowest BCUT2D eigenvalue weighted by atomic mass is 10.1. The number of nitrogen functional groups attached to an aromatic ring is 1. The van der Waals surface area contributed by atoms with Gasteiger partial charge in [0, 0.05) is 23.6 Å². The number of benzene rings is 1. The number of H-pyrrole nitrogens is 1. The summed E-state index contributed by atoms with van der Waals surface area (Å²) in [5.74, 6) is 0.0568. The van der Waals surface area contributed by atoms with Crippen LogP contribution in [0.1, 0.15) is 5.56 Å². The number of nitrogens with one attached hydrogen (secondary N) is 2. The predicted molar refractivity (Wildman–Crippen MR) is 79.4 cm³/mol. The normalized spacial score (nSPS) is 10.9. The second-order valence-corrected chi connectivity index (χ2v) is 4.76. The summed E-state index contributed by atoms with van der Waals surface area (Å²) in [6.45, 7) is 0.697. The molecule has 7 heteroatoms. The van der Waals surface area contributed by atoms with Gasteiger partial charge in [-0.15, -0.1) is 5.10 Å². The summed E-state index contributed by atoms with van der Waals surface area (Å²) in [5.41, 5.74) is 7.69. The first kappa shape index (κ1) is 13.2. The van der Waals surface area contributed by atoms with E-state index in [2.05, 4.69) is 26.4 Å². The van der Waals surface area contributed by atoms with Gasteiger partial charge in [-0.1, -0.05) is 18.2 Å². The molecule has 2 aromatic heterocycles. The van der Waals surface area contributed by atoms with E-state index in [4.69, 9.17) is 5.73 Å². The van der Waals surface area contributed by atoms with E-state index in [-0.39, 0.29) is 18.4 Å². The zero-order chi connectivity index (χ0) is 14.7. The van der Waals surface area contributed by atoms with Crippen LogP contribution >= 0.6 is 0 Å². The molecule has 1 amide bonds. The van der Waals surface area contributed by atoms with E-state index in [9.17, 15) is 4.79 Å². The number of nitrogens with two attached hydrogens (primary N) is 1. The SMILES string of the molecule is Nc1ncn(CC(=O)NCCc2c[nH]c3ccccc23)n1. The van der Waals surface area contributed by atoms with Gasteiger partial charge in [0.15, 0.2) is 0 Å². The van der Waals surface area contributed by atoms with Crippen molar-refractivity contribution in [2.45, 2.75) is 13.0 Å². The summed E-state index contributed by atoms with van der Waals surface area (Å²) in [6.07, 6.45) is 4.19. The van der Waals surface area contributed by atoms with Crippen molar-refractivity contribution < 1.29 is 4.79 Å². The van der Waals surface area contributed by atoms with E-state index in [0.717, 1.165) is 11.9 Å². The topological polar surface area (TPSA) is 102 Å². The quantitative estimate of drug-likeness (QED) is 0.642. The Labute approximate surface area is 121 Å². The number of amides is 1. The monoisotopic (exact) mass is 284 g/mol. The van der Waals surface area contributed by atoms with Crippen LogP contribution in [0.3, 0.4) is 0 Å². The average Bonchev–Trinajstić information content (AvgIpc) is 3.06. The van der Waals surface area contributed by atoms with Gasteiger partial charge >= 0.3 is 0 Å². The molecule has 0 unspecified atom stereocenters. The number of carbonyl (C=O) groups is 1. The first-order valence-corrected chi connectivity index (χ1v) is 6.69. The predicted octanol–water partition coefficient (Wildman–Crippen LogP) is 0.700. The molecule has 0 bridgehead atoms. The van der Waals surface area contributed by atoms with Gasteiger partial charge in [-0.25, -0.2) is 9.67 Å². The maximum atomic E-state index is 11.8. The molecule has 0 fully saturated rings. The maximum Gasteiger partial charge on any atom is 0.241 e. The minimum Gasteiger partial charge on any atom is -0.367 e. The van der Waals surface area contributed by atoms with Crippen LogP contribution in [0.15, 0.2) is 36.8 Å². The Bertz CT molecular complexity index is 760. The number of aromatic amines is 1. The van der Waals surface area contributed by atoms with Gasteiger partial charge in [0.1, 0.15) is 12.9 Å². The van der Waals surface area contributed by atoms with Gasteiger partial charge in [0.2, 0.25) is 11.9 Å². The molecule has 7 nitrogen and oxygen atoms in total. The van der Waals surface area contributed by atoms with Crippen molar-refractivity contribution >= 4 is 22.8 Å². The average molecular weight is 284 g/mol. The van der Waals surface area contributed by atoms with Crippen LogP contribution < -0.4 is 11.1 Å². The number of carbonyl (C=O) groups excluding carboxylic acids is 1. The molecule has 4 N–H and O–H groups in total. The molecule has 0 saturated heterocycles. The molecular formula is C14H16N6O. The van der Waals surface area contributed by atoms with Crippen LogP contribution in [0.2, 0.25) is 0 Å². The van der Waals surface area contributed by atoms with Crippen LogP contribution in [-0.2, 0) is 17.8 Å². The Balaban J connectivity index is 1.53. The number of fused-ring (bicyclic) bond motifs is 1. The summed E-state index contributed by atoms with van der Waals surface area (Å²) in [4.78, 5) is 18.8. The van der Waals surface area contributed by atoms with Crippen LogP contribution in [0, 0.1) is 0 Å². The fourth-order valence-electron chi connectivity index (χ4n) is 2.26. The zero-order valence-corrected chi connectivity index (χ0v) is 11.4. The summed E-state index contributed by atoms with van der Waals surface area (Å²) < 4.78 is 1.41. The minimum absolute atomic E-state index is 0.111. The Morgan fingerprint density at radius 3 is 3.05 bits per heavy atom. The summed E-state index contributed by atoms with van der Waals surface area (Å²) >= 11 is 0. The van der Waals surface area contributed by atoms with Gasteiger partial charge in [0.25, 0.3) is 0 Å². The molecule has 0 aliphatic heterocycles. The number of aromatic nitrogens is 4. The third-order valence-corrected chi connectivity index (χ3v) is 3.25.